The van der Waals surface area contributed by atoms with Gasteiger partial charge < -0.3 is 40.3 Å². The number of hydrogen-bond donors (Lipinski definition) is 6. The van der Waals surface area contributed by atoms with Crippen LogP contribution in [0.1, 0.15) is 47.8 Å². The molecule has 2 heterocycles. The predicted octanol–water partition coefficient (Wildman–Crippen LogP) is 4.45. The van der Waals surface area contributed by atoms with E-state index in [4.69, 9.17) is 16.3 Å². The highest BCUT2D eigenvalue weighted by atomic mass is 35.5. The van der Waals surface area contributed by atoms with Crippen molar-refractivity contribution in [2.75, 3.05) is 11.5 Å². The molecule has 46 heavy (non-hydrogen) atoms. The second kappa shape index (κ2) is 13.5. The molecule has 0 spiro atoms. The van der Waals surface area contributed by atoms with Crippen LogP contribution in [0.2, 0.25) is 5.02 Å². The third kappa shape index (κ3) is 6.15. The van der Waals surface area contributed by atoms with Crippen molar-refractivity contribution in [2.24, 2.45) is 5.92 Å². The van der Waals surface area contributed by atoms with Crippen LogP contribution in [0.15, 0.2) is 97.1 Å². The summed E-state index contributed by atoms with van der Waals surface area (Å²) in [5, 5.41) is 63.0. The number of rotatable bonds is 9. The Kier molecular flexibility index (Phi) is 9.44. The normalized spacial score (nSPS) is 26.9. The van der Waals surface area contributed by atoms with Crippen LogP contribution in [0, 0.1) is 5.92 Å². The summed E-state index contributed by atoms with van der Waals surface area (Å²) in [5.74, 6) is -0.514. The predicted molar refractivity (Wildman–Crippen MR) is 172 cm³/mol. The van der Waals surface area contributed by atoms with Gasteiger partial charge in [-0.05, 0) is 65.4 Å². The molecule has 0 unspecified atom stereocenters. The van der Waals surface area contributed by atoms with Crippen molar-refractivity contribution >= 4 is 23.2 Å². The molecule has 0 radical (unpaired) electrons. The van der Waals surface area contributed by atoms with E-state index < -0.39 is 55.2 Å². The molecule has 1 amide bonds. The number of nitrogens with zero attached hydrogens (tertiary/aromatic N) is 1. The van der Waals surface area contributed by atoms with Crippen molar-refractivity contribution in [1.82, 2.24) is 0 Å². The fourth-order valence-electron chi connectivity index (χ4n) is 6.50. The lowest BCUT2D eigenvalue weighted by molar-refractivity contribution is -0.231. The minimum Gasteiger partial charge on any atom is -0.508 e. The number of phenolic OH excluding ortho intramolecular Hbond substituents is 1. The number of benzene rings is 4. The summed E-state index contributed by atoms with van der Waals surface area (Å²) in [6.07, 6.45) is -6.30. The lowest BCUT2D eigenvalue weighted by Crippen LogP contribution is -2.55. The number of ether oxygens (including phenoxy) is 1. The highest BCUT2D eigenvalue weighted by molar-refractivity contribution is 6.30. The van der Waals surface area contributed by atoms with Gasteiger partial charge >= 0.3 is 0 Å². The van der Waals surface area contributed by atoms with Gasteiger partial charge in [0.25, 0.3) is 0 Å². The molecule has 0 aromatic heterocycles. The number of anilines is 1. The third-order valence-electron chi connectivity index (χ3n) is 9.05. The van der Waals surface area contributed by atoms with Crippen LogP contribution in [0.3, 0.4) is 0 Å². The average Bonchev–Trinajstić information content (AvgIpc) is 3.07. The van der Waals surface area contributed by atoms with Gasteiger partial charge in [0.1, 0.15) is 36.3 Å². The number of carbonyl (C=O) groups is 1. The Hall–Kier alpha value is -3.80. The summed E-state index contributed by atoms with van der Waals surface area (Å²) < 4.78 is 5.67. The summed E-state index contributed by atoms with van der Waals surface area (Å²) in [5.41, 5.74) is 4.02. The first kappa shape index (κ1) is 32.2. The first-order valence-electron chi connectivity index (χ1n) is 15.2. The maximum absolute atomic E-state index is 13.5. The number of aliphatic hydroxyl groups excluding tert-OH is 5. The number of para-hydroxylation sites is 1. The second-order valence-corrected chi connectivity index (χ2v) is 12.3. The minimum absolute atomic E-state index is 0.0225. The number of carbonyl (C=O) groups excluding carboxylic acids is 1. The summed E-state index contributed by atoms with van der Waals surface area (Å²) in [7, 11) is 0. The van der Waals surface area contributed by atoms with Gasteiger partial charge in [0.05, 0.1) is 24.7 Å². The number of aliphatic hydroxyl groups is 5. The Morgan fingerprint density at radius 3 is 2.22 bits per heavy atom. The molecule has 6 rings (SSSR count). The lowest BCUT2D eigenvalue weighted by atomic mass is 9.77. The average molecular weight is 646 g/mol. The fourth-order valence-corrected chi connectivity index (χ4v) is 6.69. The number of β-lactam (4-membered cyclic amide) rings is 1. The van der Waals surface area contributed by atoms with E-state index in [-0.39, 0.29) is 11.7 Å². The van der Waals surface area contributed by atoms with Gasteiger partial charge in [0, 0.05) is 16.3 Å². The summed E-state index contributed by atoms with van der Waals surface area (Å²) in [6.45, 7) is -0.511. The zero-order chi connectivity index (χ0) is 32.5. The monoisotopic (exact) mass is 645 g/mol. The second-order valence-electron chi connectivity index (χ2n) is 11.9. The van der Waals surface area contributed by atoms with Crippen LogP contribution in [0.4, 0.5) is 5.69 Å². The Labute approximate surface area is 271 Å². The maximum atomic E-state index is 13.5. The zero-order valence-electron chi connectivity index (χ0n) is 24.8. The van der Waals surface area contributed by atoms with Gasteiger partial charge in [-0.25, -0.2) is 0 Å². The van der Waals surface area contributed by atoms with Gasteiger partial charge in [-0.3, -0.25) is 4.79 Å². The van der Waals surface area contributed by atoms with Gasteiger partial charge in [-0.1, -0.05) is 78.3 Å². The van der Waals surface area contributed by atoms with Gasteiger partial charge in [0.2, 0.25) is 5.91 Å². The third-order valence-corrected chi connectivity index (χ3v) is 9.28. The summed E-state index contributed by atoms with van der Waals surface area (Å²) >= 11 is 6.11. The van der Waals surface area contributed by atoms with Crippen molar-refractivity contribution < 1.29 is 40.2 Å². The first-order chi connectivity index (χ1) is 22.2. The highest BCUT2D eigenvalue weighted by Gasteiger charge is 2.49. The van der Waals surface area contributed by atoms with Crippen molar-refractivity contribution in [3.8, 4) is 16.9 Å². The topological polar surface area (TPSA) is 151 Å². The van der Waals surface area contributed by atoms with Crippen molar-refractivity contribution in [3.63, 3.8) is 0 Å². The molecule has 4 aromatic carbocycles. The number of aromatic hydroxyl groups is 1. The first-order valence-corrected chi connectivity index (χ1v) is 15.6. The quantitative estimate of drug-likeness (QED) is 0.146. The molecule has 2 saturated heterocycles. The van der Waals surface area contributed by atoms with E-state index in [0.29, 0.717) is 40.1 Å². The van der Waals surface area contributed by atoms with E-state index >= 15 is 0 Å². The molecule has 6 N–H and O–H groups in total. The molecular weight excluding hydrogens is 610 g/mol. The van der Waals surface area contributed by atoms with E-state index in [1.165, 1.54) is 0 Å². The van der Waals surface area contributed by atoms with E-state index in [2.05, 4.69) is 0 Å². The molecule has 0 saturated carbocycles. The Morgan fingerprint density at radius 1 is 0.826 bits per heavy atom. The Bertz CT molecular complexity index is 1670. The molecule has 8 atom stereocenters. The number of hydrogen-bond acceptors (Lipinski definition) is 8. The molecule has 2 aliphatic rings. The molecule has 240 valence electrons. The van der Waals surface area contributed by atoms with E-state index in [1.807, 2.05) is 42.5 Å². The SMILES string of the molecule is O=C1[C@H](CC[C@H](O)c2cccc(Cl)c2)[C@@H](c2ccc(-c3ccc([C@@H]4O[C@H](CO)[C@@H](O)[C@H](O)[C@H]4O)cc3)cc2O)N1c1ccccc1. The standard InChI is InChI=1S/C36H36ClNO8/c37-24-6-4-5-23(17-24)28(40)16-15-27-31(38(36(27)45)25-7-2-1-3-8-25)26-14-13-22(18-29(26)41)20-9-11-21(12-10-20)35-34(44)33(43)32(42)30(19-39)46-35/h1-14,17-18,27-28,30-35,39-44H,15-16,19H2/t27-,28+,30-,31-,32-,33+,34-,35+/m1/s1. The largest absolute Gasteiger partial charge is 0.508 e. The van der Waals surface area contributed by atoms with Crippen LogP contribution < -0.4 is 4.90 Å². The van der Waals surface area contributed by atoms with Gasteiger partial charge in [-0.2, -0.15) is 0 Å². The van der Waals surface area contributed by atoms with Crippen LogP contribution in [-0.2, 0) is 9.53 Å². The smallest absolute Gasteiger partial charge is 0.233 e. The van der Waals surface area contributed by atoms with Crippen LogP contribution in [0.5, 0.6) is 5.75 Å². The lowest BCUT2D eigenvalue weighted by Gasteiger charge is -2.48. The zero-order valence-corrected chi connectivity index (χ0v) is 25.6. The Balaban J connectivity index is 1.23. The summed E-state index contributed by atoms with van der Waals surface area (Å²) in [4.78, 5) is 15.2. The van der Waals surface area contributed by atoms with E-state index in [1.54, 1.807) is 59.5 Å². The molecule has 2 aliphatic heterocycles. The molecule has 9 nitrogen and oxygen atoms in total. The number of amides is 1. The van der Waals surface area contributed by atoms with E-state index in [9.17, 15) is 35.4 Å². The molecular formula is C36H36ClNO8. The van der Waals surface area contributed by atoms with Crippen LogP contribution >= 0.6 is 11.6 Å². The van der Waals surface area contributed by atoms with E-state index in [0.717, 1.165) is 11.3 Å². The minimum atomic E-state index is -1.47. The number of phenols is 1. The number of halogens is 1. The van der Waals surface area contributed by atoms with Crippen molar-refractivity contribution in [2.45, 2.75) is 55.5 Å². The van der Waals surface area contributed by atoms with Crippen LogP contribution in [0.25, 0.3) is 11.1 Å². The molecule has 0 bridgehead atoms. The maximum Gasteiger partial charge on any atom is 0.233 e. The molecule has 10 heteroatoms. The molecule has 0 aliphatic carbocycles. The van der Waals surface area contributed by atoms with Gasteiger partial charge in [0.15, 0.2) is 0 Å². The van der Waals surface area contributed by atoms with Crippen LogP contribution in [-0.4, -0.2) is 67.6 Å². The van der Waals surface area contributed by atoms with Gasteiger partial charge in [-0.15, -0.1) is 0 Å². The fraction of sp³-hybridized carbons (Fsp3) is 0.306. The molecule has 4 aromatic rings. The van der Waals surface area contributed by atoms with Crippen molar-refractivity contribution in [1.29, 1.82) is 0 Å². The van der Waals surface area contributed by atoms with Crippen molar-refractivity contribution in [3.05, 3.63) is 119 Å². The Morgan fingerprint density at radius 2 is 1.54 bits per heavy atom. The molecule has 2 fully saturated rings. The summed E-state index contributed by atoms with van der Waals surface area (Å²) in [6, 6.07) is 28.2. The highest BCUT2D eigenvalue weighted by Crippen LogP contribution is 2.49.